The Kier molecular flexibility index (Phi) is 4.83. The van der Waals surface area contributed by atoms with E-state index < -0.39 is 11.7 Å². The van der Waals surface area contributed by atoms with Gasteiger partial charge >= 0.3 is 6.18 Å². The maximum atomic E-state index is 12.6. The Bertz CT molecular complexity index is 534. The molecule has 20 heavy (non-hydrogen) atoms. The quantitative estimate of drug-likeness (QED) is 0.818. The van der Waals surface area contributed by atoms with Crippen molar-refractivity contribution in [2.24, 2.45) is 0 Å². The number of hydrogen-bond donors (Lipinski definition) is 1. The summed E-state index contributed by atoms with van der Waals surface area (Å²) in [6.45, 7) is 2.49. The first-order valence-electron chi connectivity index (χ1n) is 6.43. The van der Waals surface area contributed by atoms with E-state index in [4.69, 9.17) is 0 Å². The van der Waals surface area contributed by atoms with Gasteiger partial charge in [0.25, 0.3) is 0 Å². The molecule has 1 atom stereocenters. The molecule has 0 bridgehead atoms. The molecule has 0 fully saturated rings. The highest BCUT2D eigenvalue weighted by Crippen LogP contribution is 2.29. The zero-order valence-corrected chi connectivity index (χ0v) is 11.9. The Hall–Kier alpha value is -1.33. The smallest absolute Gasteiger partial charge is 0.305 e. The lowest BCUT2D eigenvalue weighted by Gasteiger charge is -2.16. The maximum Gasteiger partial charge on any atom is 0.416 e. The largest absolute Gasteiger partial charge is 0.416 e. The van der Waals surface area contributed by atoms with Gasteiger partial charge in [0, 0.05) is 17.5 Å². The Morgan fingerprint density at radius 3 is 2.60 bits per heavy atom. The minimum Gasteiger partial charge on any atom is -0.305 e. The molecule has 2 rings (SSSR count). The van der Waals surface area contributed by atoms with Gasteiger partial charge in [-0.1, -0.05) is 31.2 Å². The van der Waals surface area contributed by atoms with Crippen molar-refractivity contribution < 1.29 is 13.2 Å². The van der Waals surface area contributed by atoms with Crippen LogP contribution in [0.25, 0.3) is 0 Å². The fourth-order valence-corrected chi connectivity index (χ4v) is 2.92. The average Bonchev–Trinajstić information content (AvgIpc) is 2.93. The lowest BCUT2D eigenvalue weighted by molar-refractivity contribution is -0.137. The van der Waals surface area contributed by atoms with E-state index in [9.17, 15) is 13.2 Å². The summed E-state index contributed by atoms with van der Waals surface area (Å²) in [5, 5.41) is 5.31. The molecule has 0 saturated carbocycles. The number of thiophene rings is 1. The molecule has 108 valence electrons. The maximum absolute atomic E-state index is 12.6. The predicted molar refractivity (Wildman–Crippen MR) is 75.6 cm³/mol. The molecule has 1 aromatic heterocycles. The number of benzene rings is 1. The Balaban J connectivity index is 2.03. The Morgan fingerprint density at radius 2 is 2.00 bits per heavy atom. The number of rotatable bonds is 5. The van der Waals surface area contributed by atoms with Crippen molar-refractivity contribution in [3.63, 3.8) is 0 Å². The van der Waals surface area contributed by atoms with E-state index in [0.717, 1.165) is 12.5 Å². The molecule has 0 amide bonds. The van der Waals surface area contributed by atoms with Crippen molar-refractivity contribution in [1.82, 2.24) is 5.32 Å². The first-order chi connectivity index (χ1) is 9.50. The Labute approximate surface area is 120 Å². The van der Waals surface area contributed by atoms with Gasteiger partial charge in [-0.15, -0.1) is 11.3 Å². The van der Waals surface area contributed by atoms with Gasteiger partial charge in [-0.3, -0.25) is 0 Å². The van der Waals surface area contributed by atoms with Gasteiger partial charge in [-0.2, -0.15) is 13.2 Å². The molecular weight excluding hydrogens is 283 g/mol. The molecule has 1 heterocycles. The molecule has 0 spiro atoms. The fraction of sp³-hybridized carbons (Fsp3) is 0.333. The van der Waals surface area contributed by atoms with Gasteiger partial charge in [0.2, 0.25) is 0 Å². The lowest BCUT2D eigenvalue weighted by Crippen LogP contribution is -2.19. The molecule has 0 aliphatic rings. The molecule has 1 nitrogen and oxygen atoms in total. The van der Waals surface area contributed by atoms with Crippen LogP contribution in [0.5, 0.6) is 0 Å². The van der Waals surface area contributed by atoms with Gasteiger partial charge in [0.1, 0.15) is 0 Å². The van der Waals surface area contributed by atoms with Crippen molar-refractivity contribution in [2.45, 2.75) is 32.1 Å². The van der Waals surface area contributed by atoms with Crippen LogP contribution in [-0.4, -0.2) is 0 Å². The average molecular weight is 299 g/mol. The van der Waals surface area contributed by atoms with Gasteiger partial charge in [-0.05, 0) is 29.5 Å². The summed E-state index contributed by atoms with van der Waals surface area (Å²) in [5.41, 5.74) is 0.0517. The summed E-state index contributed by atoms with van der Waals surface area (Å²) in [7, 11) is 0. The zero-order chi connectivity index (χ0) is 14.6. The molecule has 5 heteroatoms. The van der Waals surface area contributed by atoms with Crippen LogP contribution in [0.2, 0.25) is 0 Å². The van der Waals surface area contributed by atoms with Crippen LogP contribution in [-0.2, 0) is 12.7 Å². The van der Waals surface area contributed by atoms with Crippen LogP contribution in [0, 0.1) is 0 Å². The molecule has 0 saturated heterocycles. The lowest BCUT2D eigenvalue weighted by atomic mass is 10.1. The SMILES string of the molecule is CCC(NCc1cccc(C(F)(F)F)c1)c1cccs1. The molecule has 2 aromatic rings. The predicted octanol–water partition coefficient (Wildman–Crippen LogP) is 5.01. The monoisotopic (exact) mass is 299 g/mol. The summed E-state index contributed by atoms with van der Waals surface area (Å²) in [5.74, 6) is 0. The molecule has 1 N–H and O–H groups in total. The minimum atomic E-state index is -4.28. The molecule has 1 aromatic carbocycles. The van der Waals surface area contributed by atoms with Gasteiger partial charge < -0.3 is 5.32 Å². The number of hydrogen-bond acceptors (Lipinski definition) is 2. The topological polar surface area (TPSA) is 12.0 Å². The summed E-state index contributed by atoms with van der Waals surface area (Å²) >= 11 is 1.66. The molecule has 0 radical (unpaired) electrons. The molecule has 0 aliphatic carbocycles. The second-order valence-electron chi connectivity index (χ2n) is 4.56. The third kappa shape index (κ3) is 3.84. The van der Waals surface area contributed by atoms with Crippen molar-refractivity contribution >= 4 is 11.3 Å². The van der Waals surface area contributed by atoms with Crippen molar-refractivity contribution in [1.29, 1.82) is 0 Å². The van der Waals surface area contributed by atoms with Crippen LogP contribution in [0.1, 0.15) is 35.4 Å². The number of nitrogens with one attached hydrogen (secondary N) is 1. The third-order valence-electron chi connectivity index (χ3n) is 3.10. The van der Waals surface area contributed by atoms with Gasteiger partial charge in [-0.25, -0.2) is 0 Å². The van der Waals surface area contributed by atoms with Crippen molar-refractivity contribution in [2.75, 3.05) is 0 Å². The second-order valence-corrected chi connectivity index (χ2v) is 5.53. The normalized spacial score (nSPS) is 13.4. The van der Waals surface area contributed by atoms with Crippen LogP contribution in [0.4, 0.5) is 13.2 Å². The highest BCUT2D eigenvalue weighted by molar-refractivity contribution is 7.10. The minimum absolute atomic E-state index is 0.185. The van der Waals surface area contributed by atoms with E-state index in [1.165, 1.54) is 17.0 Å². The first kappa shape index (κ1) is 15.1. The number of alkyl halides is 3. The van der Waals surface area contributed by atoms with E-state index in [1.54, 1.807) is 17.4 Å². The van der Waals surface area contributed by atoms with E-state index in [0.29, 0.717) is 12.1 Å². The summed E-state index contributed by atoms with van der Waals surface area (Å²) in [6.07, 6.45) is -3.38. The van der Waals surface area contributed by atoms with Crippen molar-refractivity contribution in [3.05, 3.63) is 57.8 Å². The van der Waals surface area contributed by atoms with Gasteiger partial charge in [0.05, 0.1) is 5.56 Å². The number of halogens is 3. The standard InChI is InChI=1S/C15H16F3NS/c1-2-13(14-7-4-8-20-14)19-10-11-5-3-6-12(9-11)15(16,17)18/h3-9,13,19H,2,10H2,1H3. The van der Waals surface area contributed by atoms with Gasteiger partial charge in [0.15, 0.2) is 0 Å². The Morgan fingerprint density at radius 1 is 1.20 bits per heavy atom. The summed E-state index contributed by atoms with van der Waals surface area (Å²) < 4.78 is 37.9. The van der Waals surface area contributed by atoms with Crippen LogP contribution in [0.3, 0.4) is 0 Å². The third-order valence-corrected chi connectivity index (χ3v) is 4.09. The van der Waals surface area contributed by atoms with Crippen molar-refractivity contribution in [3.8, 4) is 0 Å². The summed E-state index contributed by atoms with van der Waals surface area (Å²) in [4.78, 5) is 1.21. The van der Waals surface area contributed by atoms with Crippen LogP contribution < -0.4 is 5.32 Å². The highest BCUT2D eigenvalue weighted by atomic mass is 32.1. The van der Waals surface area contributed by atoms with Crippen LogP contribution in [0.15, 0.2) is 41.8 Å². The molecular formula is C15H16F3NS. The highest BCUT2D eigenvalue weighted by Gasteiger charge is 2.30. The van der Waals surface area contributed by atoms with E-state index in [-0.39, 0.29) is 6.04 Å². The fourth-order valence-electron chi connectivity index (χ4n) is 2.03. The van der Waals surface area contributed by atoms with E-state index in [2.05, 4.69) is 12.2 Å². The molecule has 0 aliphatic heterocycles. The second kappa shape index (κ2) is 6.41. The molecule has 1 unspecified atom stereocenters. The van der Waals surface area contributed by atoms with Crippen LogP contribution >= 0.6 is 11.3 Å². The van der Waals surface area contributed by atoms with E-state index in [1.807, 2.05) is 17.5 Å². The van der Waals surface area contributed by atoms with E-state index >= 15 is 0 Å². The zero-order valence-electron chi connectivity index (χ0n) is 11.1. The summed E-state index contributed by atoms with van der Waals surface area (Å²) in [6, 6.07) is 9.67. The first-order valence-corrected chi connectivity index (χ1v) is 7.31.